The maximum Gasteiger partial charge on any atom is 0.136 e. The summed E-state index contributed by atoms with van der Waals surface area (Å²) in [5.74, 6) is -0.603. The van der Waals surface area contributed by atoms with Gasteiger partial charge in [-0.05, 0) is 51.8 Å². The highest BCUT2D eigenvalue weighted by Crippen LogP contribution is 2.26. The first kappa shape index (κ1) is 13.5. The Kier molecular flexibility index (Phi) is 4.13. The largest absolute Gasteiger partial charge is 0.488 e. The molecule has 0 aliphatic rings. The van der Waals surface area contributed by atoms with Crippen LogP contribution in [-0.2, 0) is 6.61 Å². The van der Waals surface area contributed by atoms with Gasteiger partial charge < -0.3 is 4.74 Å². The summed E-state index contributed by atoms with van der Waals surface area (Å²) in [6.07, 6.45) is 0. The van der Waals surface area contributed by atoms with Crippen LogP contribution in [-0.4, -0.2) is 0 Å². The first-order valence-corrected chi connectivity index (χ1v) is 6.15. The number of ether oxygens (including phenoxy) is 1. The van der Waals surface area contributed by atoms with Gasteiger partial charge in [0.15, 0.2) is 0 Å². The molecule has 0 aromatic heterocycles. The zero-order chi connectivity index (χ0) is 13.8. The maximum absolute atomic E-state index is 13.2. The minimum absolute atomic E-state index is 0.0501. The molecule has 19 heavy (non-hydrogen) atoms. The van der Waals surface area contributed by atoms with Crippen molar-refractivity contribution >= 4 is 15.9 Å². The summed E-state index contributed by atoms with van der Waals surface area (Å²) in [5.41, 5.74) is 0.726. The number of nitrogens with zero attached hydrogens (tertiary/aromatic N) is 1. The van der Waals surface area contributed by atoms with E-state index < -0.39 is 11.6 Å². The minimum Gasteiger partial charge on any atom is -0.488 e. The Morgan fingerprint density at radius 3 is 2.63 bits per heavy atom. The van der Waals surface area contributed by atoms with E-state index in [1.807, 2.05) is 6.07 Å². The second kappa shape index (κ2) is 5.81. The van der Waals surface area contributed by atoms with Crippen molar-refractivity contribution in [2.75, 3.05) is 0 Å². The van der Waals surface area contributed by atoms with E-state index in [2.05, 4.69) is 15.9 Å². The number of rotatable bonds is 3. The summed E-state index contributed by atoms with van der Waals surface area (Å²) < 4.78 is 32.3. The molecular weight excluding hydrogens is 316 g/mol. The third-order valence-electron chi connectivity index (χ3n) is 2.37. The average molecular weight is 324 g/mol. The summed E-state index contributed by atoms with van der Waals surface area (Å²) in [7, 11) is 0. The molecule has 0 aliphatic heterocycles. The van der Waals surface area contributed by atoms with Crippen LogP contribution in [0.3, 0.4) is 0 Å². The van der Waals surface area contributed by atoms with Crippen molar-refractivity contribution in [3.63, 3.8) is 0 Å². The fraction of sp³-hybridized carbons (Fsp3) is 0.0714. The number of hydrogen-bond donors (Lipinski definition) is 0. The fourth-order valence-corrected chi connectivity index (χ4v) is 1.91. The highest BCUT2D eigenvalue weighted by molar-refractivity contribution is 9.10. The summed E-state index contributed by atoms with van der Waals surface area (Å²) in [4.78, 5) is 0. The van der Waals surface area contributed by atoms with Crippen LogP contribution in [0.1, 0.15) is 11.1 Å². The predicted octanol–water partition coefficient (Wildman–Crippen LogP) is 4.18. The van der Waals surface area contributed by atoms with Crippen LogP contribution in [0.25, 0.3) is 0 Å². The molecule has 2 rings (SSSR count). The van der Waals surface area contributed by atoms with Gasteiger partial charge in [0, 0.05) is 6.07 Å². The molecule has 0 bridgehead atoms. The van der Waals surface area contributed by atoms with E-state index in [0.29, 0.717) is 15.8 Å². The molecule has 0 radical (unpaired) electrons. The number of benzene rings is 2. The molecule has 0 fully saturated rings. The number of halogens is 3. The zero-order valence-corrected chi connectivity index (χ0v) is 11.2. The zero-order valence-electron chi connectivity index (χ0n) is 9.66. The molecule has 2 nitrogen and oxygen atoms in total. The highest BCUT2D eigenvalue weighted by Gasteiger charge is 2.05. The van der Waals surface area contributed by atoms with Crippen LogP contribution < -0.4 is 4.74 Å². The Balaban J connectivity index is 2.17. The molecule has 96 valence electrons. The highest BCUT2D eigenvalue weighted by atomic mass is 79.9. The summed E-state index contributed by atoms with van der Waals surface area (Å²) in [6, 6.07) is 9.85. The lowest BCUT2D eigenvalue weighted by Crippen LogP contribution is -1.98. The van der Waals surface area contributed by atoms with Gasteiger partial charge in [0.05, 0.1) is 16.1 Å². The molecule has 0 spiro atoms. The Morgan fingerprint density at radius 2 is 1.89 bits per heavy atom. The Hall–Kier alpha value is -1.93. The summed E-state index contributed by atoms with van der Waals surface area (Å²) in [6.45, 7) is 0.0501. The molecule has 5 heteroatoms. The van der Waals surface area contributed by atoms with Crippen molar-refractivity contribution in [3.8, 4) is 11.8 Å². The van der Waals surface area contributed by atoms with E-state index >= 15 is 0 Å². The van der Waals surface area contributed by atoms with Gasteiger partial charge in [-0.25, -0.2) is 8.78 Å². The van der Waals surface area contributed by atoms with Gasteiger partial charge in [-0.1, -0.05) is 0 Å². The van der Waals surface area contributed by atoms with E-state index in [1.54, 1.807) is 0 Å². The van der Waals surface area contributed by atoms with Gasteiger partial charge in [0.25, 0.3) is 0 Å². The van der Waals surface area contributed by atoms with E-state index in [-0.39, 0.29) is 12.2 Å². The van der Waals surface area contributed by atoms with Gasteiger partial charge in [0.1, 0.15) is 24.0 Å². The molecule has 0 N–H and O–H groups in total. The lowest BCUT2D eigenvalue weighted by molar-refractivity contribution is 0.302. The molecule has 0 unspecified atom stereocenters. The van der Waals surface area contributed by atoms with Gasteiger partial charge in [-0.15, -0.1) is 0 Å². The third-order valence-corrected chi connectivity index (χ3v) is 3.03. The quantitative estimate of drug-likeness (QED) is 0.849. The van der Waals surface area contributed by atoms with Crippen molar-refractivity contribution in [2.45, 2.75) is 6.61 Å². The van der Waals surface area contributed by atoms with Crippen molar-refractivity contribution < 1.29 is 13.5 Å². The second-order valence-electron chi connectivity index (χ2n) is 3.82. The molecule has 0 saturated carbocycles. The normalized spacial score (nSPS) is 10.0. The SMILES string of the molecule is N#Cc1cc(F)cc(COc2cc(F)ccc2Br)c1. The molecule has 0 aliphatic carbocycles. The number of hydrogen-bond acceptors (Lipinski definition) is 2. The average Bonchev–Trinajstić information content (AvgIpc) is 2.39. The molecule has 0 saturated heterocycles. The van der Waals surface area contributed by atoms with Crippen molar-refractivity contribution in [1.82, 2.24) is 0 Å². The van der Waals surface area contributed by atoms with E-state index in [4.69, 9.17) is 10.00 Å². The molecule has 0 amide bonds. The fourth-order valence-electron chi connectivity index (χ4n) is 1.55. The third kappa shape index (κ3) is 3.52. The molecule has 2 aromatic rings. The monoisotopic (exact) mass is 323 g/mol. The van der Waals surface area contributed by atoms with Crippen molar-refractivity contribution in [1.29, 1.82) is 5.26 Å². The van der Waals surface area contributed by atoms with Crippen LogP contribution in [0.4, 0.5) is 8.78 Å². The number of nitriles is 1. The first-order valence-electron chi connectivity index (χ1n) is 5.36. The predicted molar refractivity (Wildman–Crippen MR) is 69.5 cm³/mol. The van der Waals surface area contributed by atoms with Gasteiger partial charge in [0.2, 0.25) is 0 Å². The Labute approximate surface area is 117 Å². The van der Waals surface area contributed by atoms with Gasteiger partial charge in [-0.2, -0.15) is 5.26 Å². The van der Waals surface area contributed by atoms with Gasteiger partial charge in [-0.3, -0.25) is 0 Å². The smallest absolute Gasteiger partial charge is 0.136 e. The second-order valence-corrected chi connectivity index (χ2v) is 4.68. The van der Waals surface area contributed by atoms with Gasteiger partial charge >= 0.3 is 0 Å². The van der Waals surface area contributed by atoms with Crippen LogP contribution in [0, 0.1) is 23.0 Å². The topological polar surface area (TPSA) is 33.0 Å². The van der Waals surface area contributed by atoms with E-state index in [9.17, 15) is 8.78 Å². The van der Waals surface area contributed by atoms with Crippen LogP contribution in [0.15, 0.2) is 40.9 Å². The van der Waals surface area contributed by atoms with Crippen LogP contribution >= 0.6 is 15.9 Å². The van der Waals surface area contributed by atoms with Crippen molar-refractivity contribution in [2.24, 2.45) is 0 Å². The Bertz CT molecular complexity index is 652. The van der Waals surface area contributed by atoms with E-state index in [0.717, 1.165) is 6.07 Å². The summed E-state index contributed by atoms with van der Waals surface area (Å²) >= 11 is 3.23. The standard InChI is InChI=1S/C14H8BrF2NO/c15-13-2-1-11(16)6-14(13)19-8-10-3-9(7-18)4-12(17)5-10/h1-6H,8H2. The molecule has 0 atom stereocenters. The van der Waals surface area contributed by atoms with Crippen LogP contribution in [0.2, 0.25) is 0 Å². The molecule has 0 heterocycles. The van der Waals surface area contributed by atoms with Crippen LogP contribution in [0.5, 0.6) is 5.75 Å². The first-order chi connectivity index (χ1) is 9.08. The van der Waals surface area contributed by atoms with E-state index in [1.165, 1.54) is 30.3 Å². The molecular formula is C14H8BrF2NO. The summed E-state index contributed by atoms with van der Waals surface area (Å²) in [5, 5.41) is 8.74. The lowest BCUT2D eigenvalue weighted by atomic mass is 10.1. The lowest BCUT2D eigenvalue weighted by Gasteiger charge is -2.08. The Morgan fingerprint density at radius 1 is 1.11 bits per heavy atom. The minimum atomic E-state index is -0.504. The maximum atomic E-state index is 13.2. The molecule has 2 aromatic carbocycles. The van der Waals surface area contributed by atoms with Crippen molar-refractivity contribution in [3.05, 3.63) is 63.6 Å².